The number of nitrogens with zero attached hydrogens (tertiary/aromatic N) is 1. The summed E-state index contributed by atoms with van der Waals surface area (Å²) < 4.78 is 13.8. The molecule has 2 aromatic rings. The Morgan fingerprint density at radius 1 is 1.09 bits per heavy atom. The fourth-order valence-electron chi connectivity index (χ4n) is 2.45. The topological polar surface area (TPSA) is 32.3 Å². The van der Waals surface area contributed by atoms with Crippen molar-refractivity contribution in [3.63, 3.8) is 0 Å². The lowest BCUT2D eigenvalue weighted by Gasteiger charge is -2.23. The summed E-state index contributed by atoms with van der Waals surface area (Å²) in [5.74, 6) is -0.244. The van der Waals surface area contributed by atoms with Gasteiger partial charge < -0.3 is 10.2 Å². The molecule has 0 unspecified atom stereocenters. The van der Waals surface area contributed by atoms with Gasteiger partial charge in [0.15, 0.2) is 0 Å². The van der Waals surface area contributed by atoms with E-state index in [0.717, 1.165) is 18.5 Å². The molecular formula is C18H20ClFN2O. The Kier molecular flexibility index (Phi) is 5.99. The number of rotatable bonds is 6. The number of amides is 1. The van der Waals surface area contributed by atoms with Crippen molar-refractivity contribution in [3.05, 3.63) is 66.0 Å². The molecule has 0 bridgehead atoms. The summed E-state index contributed by atoms with van der Waals surface area (Å²) in [5.41, 5.74) is 1.49. The third-order valence-electron chi connectivity index (χ3n) is 3.82. The average molecular weight is 335 g/mol. The van der Waals surface area contributed by atoms with E-state index in [1.807, 2.05) is 30.3 Å². The van der Waals surface area contributed by atoms with Gasteiger partial charge in [0.1, 0.15) is 5.82 Å². The number of carbonyl (C=O) groups excluding carboxylic acids is 1. The van der Waals surface area contributed by atoms with Crippen LogP contribution in [-0.2, 0) is 11.3 Å². The third kappa shape index (κ3) is 4.70. The Bertz CT molecular complexity index is 646. The standard InChI is InChI=1S/C18H19FN2O.ClH/c19-17-9-5-4-6-14(17)13-21(16-10-11-16)18(22)12-20-15-7-2-1-3-8-15;/h1-9,16,20H,10-13H2;1H. The van der Waals surface area contributed by atoms with Gasteiger partial charge in [0.2, 0.25) is 5.91 Å². The maximum absolute atomic E-state index is 13.8. The quantitative estimate of drug-likeness (QED) is 0.870. The first kappa shape index (κ1) is 17.3. The van der Waals surface area contributed by atoms with Crippen molar-refractivity contribution in [3.8, 4) is 0 Å². The molecule has 1 amide bonds. The van der Waals surface area contributed by atoms with Crippen LogP contribution in [0.4, 0.5) is 10.1 Å². The van der Waals surface area contributed by atoms with E-state index in [4.69, 9.17) is 0 Å². The van der Waals surface area contributed by atoms with Crippen molar-refractivity contribution in [1.82, 2.24) is 4.90 Å². The van der Waals surface area contributed by atoms with Gasteiger partial charge in [-0.15, -0.1) is 12.4 Å². The van der Waals surface area contributed by atoms with Crippen LogP contribution < -0.4 is 5.32 Å². The van der Waals surface area contributed by atoms with E-state index >= 15 is 0 Å². The zero-order valence-corrected chi connectivity index (χ0v) is 13.6. The number of hydrogen-bond donors (Lipinski definition) is 1. The molecular weight excluding hydrogens is 315 g/mol. The van der Waals surface area contributed by atoms with E-state index < -0.39 is 0 Å². The van der Waals surface area contributed by atoms with Crippen LogP contribution in [0.3, 0.4) is 0 Å². The zero-order valence-electron chi connectivity index (χ0n) is 12.7. The lowest BCUT2D eigenvalue weighted by molar-refractivity contribution is -0.130. The van der Waals surface area contributed by atoms with E-state index in [2.05, 4.69) is 5.32 Å². The Morgan fingerprint density at radius 2 is 1.74 bits per heavy atom. The van der Waals surface area contributed by atoms with Gasteiger partial charge in [-0.2, -0.15) is 0 Å². The van der Waals surface area contributed by atoms with Gasteiger partial charge in [-0.1, -0.05) is 36.4 Å². The second kappa shape index (κ2) is 7.97. The van der Waals surface area contributed by atoms with Gasteiger partial charge in [0.25, 0.3) is 0 Å². The molecule has 1 saturated carbocycles. The van der Waals surface area contributed by atoms with E-state index in [1.165, 1.54) is 6.07 Å². The molecule has 0 aliphatic heterocycles. The van der Waals surface area contributed by atoms with Crippen LogP contribution in [0.5, 0.6) is 0 Å². The molecule has 0 heterocycles. The highest BCUT2D eigenvalue weighted by atomic mass is 35.5. The molecule has 0 saturated heterocycles. The van der Waals surface area contributed by atoms with Crippen LogP contribution in [0.1, 0.15) is 18.4 Å². The first-order valence-electron chi connectivity index (χ1n) is 7.56. The Balaban J connectivity index is 0.00000192. The average Bonchev–Trinajstić information content (AvgIpc) is 3.37. The summed E-state index contributed by atoms with van der Waals surface area (Å²) in [5, 5.41) is 3.12. The predicted molar refractivity (Wildman–Crippen MR) is 92.2 cm³/mol. The summed E-state index contributed by atoms with van der Waals surface area (Å²) in [7, 11) is 0. The molecule has 1 N–H and O–H groups in total. The highest BCUT2D eigenvalue weighted by Crippen LogP contribution is 2.29. The summed E-state index contributed by atoms with van der Waals surface area (Å²) >= 11 is 0. The van der Waals surface area contributed by atoms with Crippen molar-refractivity contribution >= 4 is 24.0 Å². The van der Waals surface area contributed by atoms with Crippen LogP contribution in [0.25, 0.3) is 0 Å². The maximum Gasteiger partial charge on any atom is 0.242 e. The Labute approximate surface area is 141 Å². The predicted octanol–water partition coefficient (Wildman–Crippen LogP) is 3.85. The molecule has 2 aromatic carbocycles. The van der Waals surface area contributed by atoms with Gasteiger partial charge >= 0.3 is 0 Å². The molecule has 0 radical (unpaired) electrons. The van der Waals surface area contributed by atoms with Crippen molar-refractivity contribution in [1.29, 1.82) is 0 Å². The van der Waals surface area contributed by atoms with Crippen molar-refractivity contribution < 1.29 is 9.18 Å². The summed E-state index contributed by atoms with van der Waals surface area (Å²) in [6.45, 7) is 0.571. The van der Waals surface area contributed by atoms with Crippen molar-refractivity contribution in [2.45, 2.75) is 25.4 Å². The van der Waals surface area contributed by atoms with Crippen molar-refractivity contribution in [2.75, 3.05) is 11.9 Å². The second-order valence-corrected chi connectivity index (χ2v) is 5.56. The minimum absolute atomic E-state index is 0. The molecule has 1 aliphatic rings. The molecule has 1 aliphatic carbocycles. The highest BCUT2D eigenvalue weighted by molar-refractivity contribution is 5.85. The lowest BCUT2D eigenvalue weighted by atomic mass is 10.2. The van der Waals surface area contributed by atoms with Crippen LogP contribution >= 0.6 is 12.4 Å². The van der Waals surface area contributed by atoms with Crippen molar-refractivity contribution in [2.24, 2.45) is 0 Å². The summed E-state index contributed by atoms with van der Waals surface area (Å²) in [6.07, 6.45) is 2.01. The largest absolute Gasteiger partial charge is 0.376 e. The molecule has 0 atom stereocenters. The minimum atomic E-state index is -0.253. The van der Waals surface area contributed by atoms with Gasteiger partial charge in [-0.05, 0) is 31.0 Å². The smallest absolute Gasteiger partial charge is 0.242 e. The Hall–Kier alpha value is -2.07. The van der Waals surface area contributed by atoms with Gasteiger partial charge in [-0.3, -0.25) is 4.79 Å². The van der Waals surface area contributed by atoms with Crippen LogP contribution in [-0.4, -0.2) is 23.4 Å². The molecule has 0 spiro atoms. The molecule has 3 nitrogen and oxygen atoms in total. The third-order valence-corrected chi connectivity index (χ3v) is 3.82. The van der Waals surface area contributed by atoms with Crippen LogP contribution in [0.2, 0.25) is 0 Å². The van der Waals surface area contributed by atoms with Gasteiger partial charge in [-0.25, -0.2) is 4.39 Å². The SMILES string of the molecule is Cl.O=C(CNc1ccccc1)N(Cc1ccccc1F)C1CC1. The molecule has 122 valence electrons. The van der Waals surface area contributed by atoms with E-state index in [-0.39, 0.29) is 36.7 Å². The maximum atomic E-state index is 13.8. The summed E-state index contributed by atoms with van der Waals surface area (Å²) in [4.78, 5) is 14.2. The fourth-order valence-corrected chi connectivity index (χ4v) is 2.45. The second-order valence-electron chi connectivity index (χ2n) is 5.56. The lowest BCUT2D eigenvalue weighted by Crippen LogP contribution is -2.37. The first-order chi connectivity index (χ1) is 10.7. The van der Waals surface area contributed by atoms with E-state index in [0.29, 0.717) is 12.1 Å². The molecule has 23 heavy (non-hydrogen) atoms. The number of carbonyl (C=O) groups is 1. The van der Waals surface area contributed by atoms with Crippen LogP contribution in [0.15, 0.2) is 54.6 Å². The molecule has 1 fully saturated rings. The highest BCUT2D eigenvalue weighted by Gasteiger charge is 2.32. The monoisotopic (exact) mass is 334 g/mol. The molecule has 0 aromatic heterocycles. The van der Waals surface area contributed by atoms with E-state index in [1.54, 1.807) is 23.1 Å². The van der Waals surface area contributed by atoms with Gasteiger partial charge in [0, 0.05) is 23.8 Å². The zero-order chi connectivity index (χ0) is 15.4. The molecule has 5 heteroatoms. The van der Waals surface area contributed by atoms with E-state index in [9.17, 15) is 9.18 Å². The minimum Gasteiger partial charge on any atom is -0.376 e. The number of benzene rings is 2. The molecule has 3 rings (SSSR count). The normalized spacial score (nSPS) is 13.1. The number of halogens is 2. The number of anilines is 1. The Morgan fingerprint density at radius 3 is 2.39 bits per heavy atom. The number of para-hydroxylation sites is 1. The van der Waals surface area contributed by atoms with Gasteiger partial charge in [0.05, 0.1) is 6.54 Å². The van der Waals surface area contributed by atoms with Crippen LogP contribution in [0, 0.1) is 5.82 Å². The fraction of sp³-hybridized carbons (Fsp3) is 0.278. The number of nitrogens with one attached hydrogen (secondary N) is 1. The first-order valence-corrected chi connectivity index (χ1v) is 7.56. The summed E-state index contributed by atoms with van der Waals surface area (Å²) in [6, 6.07) is 16.5. The number of hydrogen-bond acceptors (Lipinski definition) is 2.